The van der Waals surface area contributed by atoms with E-state index in [9.17, 15) is 23.2 Å². The quantitative estimate of drug-likeness (QED) is 0.709. The van der Waals surface area contributed by atoms with E-state index in [1.165, 1.54) is 6.92 Å². The molecule has 0 saturated carbocycles. The molecule has 27 heavy (non-hydrogen) atoms. The van der Waals surface area contributed by atoms with Gasteiger partial charge in [-0.15, -0.1) is 0 Å². The van der Waals surface area contributed by atoms with Crippen LogP contribution >= 0.6 is 0 Å². The van der Waals surface area contributed by atoms with Gasteiger partial charge in [-0.05, 0) is 30.2 Å². The summed E-state index contributed by atoms with van der Waals surface area (Å²) < 4.78 is 26.3. The van der Waals surface area contributed by atoms with Gasteiger partial charge in [0.2, 0.25) is 17.7 Å². The Morgan fingerprint density at radius 2 is 1.59 bits per heavy atom. The lowest BCUT2D eigenvalue weighted by Gasteiger charge is -2.16. The number of imide groups is 1. The number of nitrogens with one attached hydrogen (secondary N) is 2. The fourth-order valence-electron chi connectivity index (χ4n) is 2.38. The van der Waals surface area contributed by atoms with Crippen molar-refractivity contribution in [3.05, 3.63) is 71.3 Å². The van der Waals surface area contributed by atoms with E-state index in [-0.39, 0.29) is 12.0 Å². The number of halogens is 2. The summed E-state index contributed by atoms with van der Waals surface area (Å²) >= 11 is 0. The first-order chi connectivity index (χ1) is 12.8. The fraction of sp³-hybridized carbons (Fsp3) is 0.211. The summed E-state index contributed by atoms with van der Waals surface area (Å²) in [7, 11) is 0. The summed E-state index contributed by atoms with van der Waals surface area (Å²) in [6.07, 6.45) is -0.316. The predicted molar refractivity (Wildman–Crippen MR) is 94.2 cm³/mol. The molecule has 2 atom stereocenters. The summed E-state index contributed by atoms with van der Waals surface area (Å²) in [5.74, 6) is -3.68. The minimum Gasteiger partial charge on any atom is -0.344 e. The van der Waals surface area contributed by atoms with Gasteiger partial charge in [-0.3, -0.25) is 19.7 Å². The van der Waals surface area contributed by atoms with Gasteiger partial charge in [0.15, 0.2) is 0 Å². The maximum Gasteiger partial charge on any atom is 0.248 e. The Kier molecular flexibility index (Phi) is 6.73. The fourth-order valence-corrected chi connectivity index (χ4v) is 2.38. The molecule has 0 aromatic heterocycles. The van der Waals surface area contributed by atoms with Crippen molar-refractivity contribution in [2.24, 2.45) is 5.73 Å². The summed E-state index contributed by atoms with van der Waals surface area (Å²) in [6.45, 7) is 1.38. The van der Waals surface area contributed by atoms with Gasteiger partial charge in [-0.25, -0.2) is 8.78 Å². The third-order valence-electron chi connectivity index (χ3n) is 3.75. The molecule has 0 aliphatic rings. The molecular formula is C19H19F2N3O3. The number of hydrogen-bond acceptors (Lipinski definition) is 4. The number of rotatable bonds is 6. The Labute approximate surface area is 154 Å². The van der Waals surface area contributed by atoms with Crippen LogP contribution in [-0.4, -0.2) is 23.8 Å². The van der Waals surface area contributed by atoms with Crippen LogP contribution in [0, 0.1) is 11.6 Å². The van der Waals surface area contributed by atoms with Crippen LogP contribution in [0.4, 0.5) is 8.78 Å². The number of carbonyl (C=O) groups is 3. The largest absolute Gasteiger partial charge is 0.344 e. The SMILES string of the molecule is C[C@H](NC(=O)Cc1cc(F)cc(F)c1)C(=O)NC(=O)[C@@H](N)c1ccccc1. The molecule has 2 aromatic rings. The van der Waals surface area contributed by atoms with E-state index < -0.39 is 41.4 Å². The van der Waals surface area contributed by atoms with E-state index in [0.717, 1.165) is 12.1 Å². The second-order valence-corrected chi connectivity index (χ2v) is 5.99. The zero-order chi connectivity index (χ0) is 20.0. The summed E-state index contributed by atoms with van der Waals surface area (Å²) in [5, 5.41) is 4.49. The lowest BCUT2D eigenvalue weighted by atomic mass is 10.1. The Hall–Kier alpha value is -3.13. The van der Waals surface area contributed by atoms with Crippen LogP contribution in [0.25, 0.3) is 0 Å². The predicted octanol–water partition coefficient (Wildman–Crippen LogP) is 1.35. The lowest BCUT2D eigenvalue weighted by molar-refractivity contribution is -0.134. The number of benzene rings is 2. The Balaban J connectivity index is 1.89. The minimum atomic E-state index is -1.04. The molecule has 4 N–H and O–H groups in total. The van der Waals surface area contributed by atoms with E-state index >= 15 is 0 Å². The number of carbonyl (C=O) groups excluding carboxylic acids is 3. The molecule has 0 saturated heterocycles. The van der Waals surface area contributed by atoms with Crippen molar-refractivity contribution in [1.29, 1.82) is 0 Å². The molecule has 142 valence electrons. The summed E-state index contributed by atoms with van der Waals surface area (Å²) in [6, 6.07) is 9.16. The van der Waals surface area contributed by atoms with Crippen molar-refractivity contribution in [3.63, 3.8) is 0 Å². The van der Waals surface area contributed by atoms with Crippen LogP contribution in [-0.2, 0) is 20.8 Å². The molecule has 3 amide bonds. The van der Waals surface area contributed by atoms with Crippen LogP contribution in [0.15, 0.2) is 48.5 Å². The van der Waals surface area contributed by atoms with Gasteiger partial charge in [-0.1, -0.05) is 30.3 Å². The summed E-state index contributed by atoms with van der Waals surface area (Å²) in [5.41, 5.74) is 6.46. The van der Waals surface area contributed by atoms with E-state index in [0.29, 0.717) is 11.6 Å². The molecule has 8 heteroatoms. The molecule has 0 heterocycles. The third-order valence-corrected chi connectivity index (χ3v) is 3.75. The monoisotopic (exact) mass is 375 g/mol. The molecule has 0 aliphatic heterocycles. The van der Waals surface area contributed by atoms with Gasteiger partial charge in [0.1, 0.15) is 23.7 Å². The van der Waals surface area contributed by atoms with Crippen LogP contribution in [0.1, 0.15) is 24.1 Å². The van der Waals surface area contributed by atoms with E-state index in [4.69, 9.17) is 5.73 Å². The highest BCUT2D eigenvalue weighted by Crippen LogP contribution is 2.10. The molecule has 0 unspecified atom stereocenters. The Morgan fingerprint density at radius 3 is 2.19 bits per heavy atom. The average Bonchev–Trinajstić information content (AvgIpc) is 2.60. The van der Waals surface area contributed by atoms with Crippen LogP contribution < -0.4 is 16.4 Å². The molecule has 0 spiro atoms. The first-order valence-electron chi connectivity index (χ1n) is 8.16. The van der Waals surface area contributed by atoms with Gasteiger partial charge in [-0.2, -0.15) is 0 Å². The normalized spacial score (nSPS) is 12.7. The molecule has 2 aromatic carbocycles. The van der Waals surface area contributed by atoms with Crippen molar-refractivity contribution >= 4 is 17.7 Å². The highest BCUT2D eigenvalue weighted by Gasteiger charge is 2.22. The van der Waals surface area contributed by atoms with E-state index in [1.54, 1.807) is 30.3 Å². The molecular weight excluding hydrogens is 356 g/mol. The van der Waals surface area contributed by atoms with Gasteiger partial charge in [0, 0.05) is 6.07 Å². The highest BCUT2D eigenvalue weighted by atomic mass is 19.1. The van der Waals surface area contributed by atoms with Crippen molar-refractivity contribution in [2.45, 2.75) is 25.4 Å². The lowest BCUT2D eigenvalue weighted by Crippen LogP contribution is -2.49. The average molecular weight is 375 g/mol. The second kappa shape index (κ2) is 9.00. The second-order valence-electron chi connectivity index (χ2n) is 5.99. The molecule has 0 aliphatic carbocycles. The van der Waals surface area contributed by atoms with E-state index in [2.05, 4.69) is 10.6 Å². The van der Waals surface area contributed by atoms with Gasteiger partial charge in [0.05, 0.1) is 6.42 Å². The smallest absolute Gasteiger partial charge is 0.248 e. The van der Waals surface area contributed by atoms with Gasteiger partial charge in [0.25, 0.3) is 0 Å². The first-order valence-corrected chi connectivity index (χ1v) is 8.16. The maximum atomic E-state index is 13.1. The van der Waals surface area contributed by atoms with Crippen molar-refractivity contribution in [3.8, 4) is 0 Å². The third kappa shape index (κ3) is 5.96. The van der Waals surface area contributed by atoms with Crippen LogP contribution in [0.5, 0.6) is 0 Å². The van der Waals surface area contributed by atoms with Crippen molar-refractivity contribution in [2.75, 3.05) is 0 Å². The van der Waals surface area contributed by atoms with E-state index in [1.807, 2.05) is 0 Å². The zero-order valence-electron chi connectivity index (χ0n) is 14.5. The molecule has 0 bridgehead atoms. The highest BCUT2D eigenvalue weighted by molar-refractivity contribution is 6.01. The molecule has 2 rings (SSSR count). The van der Waals surface area contributed by atoms with Crippen LogP contribution in [0.2, 0.25) is 0 Å². The molecule has 0 fully saturated rings. The number of nitrogens with two attached hydrogens (primary N) is 1. The number of hydrogen-bond donors (Lipinski definition) is 3. The van der Waals surface area contributed by atoms with Crippen LogP contribution in [0.3, 0.4) is 0 Å². The standard InChI is InChI=1S/C19H19F2N3O3/c1-11(23-16(25)9-12-7-14(20)10-15(21)8-12)18(26)24-19(27)17(22)13-5-3-2-4-6-13/h2-8,10-11,17H,9,22H2,1H3,(H,23,25)(H,24,26,27)/t11-,17-/m0/s1. The van der Waals surface area contributed by atoms with Gasteiger partial charge >= 0.3 is 0 Å². The first kappa shape index (κ1) is 20.2. The topological polar surface area (TPSA) is 101 Å². The Morgan fingerprint density at radius 1 is 1.00 bits per heavy atom. The van der Waals surface area contributed by atoms with Crippen molar-refractivity contribution < 1.29 is 23.2 Å². The molecule has 6 nitrogen and oxygen atoms in total. The van der Waals surface area contributed by atoms with Gasteiger partial charge < -0.3 is 11.1 Å². The minimum absolute atomic E-state index is 0.125. The molecule has 0 radical (unpaired) electrons. The zero-order valence-corrected chi connectivity index (χ0v) is 14.5. The number of amides is 3. The maximum absolute atomic E-state index is 13.1. The van der Waals surface area contributed by atoms with Crippen molar-refractivity contribution in [1.82, 2.24) is 10.6 Å². The Bertz CT molecular complexity index is 823. The summed E-state index contributed by atoms with van der Waals surface area (Å²) in [4.78, 5) is 36.1.